The third-order valence-corrected chi connectivity index (χ3v) is 7.22. The molecule has 7 heteroatoms. The van der Waals surface area contributed by atoms with Gasteiger partial charge in [-0.1, -0.05) is 42.5 Å². The van der Waals surface area contributed by atoms with E-state index in [0.717, 1.165) is 64.8 Å². The zero-order valence-electron chi connectivity index (χ0n) is 20.9. The number of likely N-dealkylation sites (tertiary alicyclic amines) is 1. The predicted molar refractivity (Wildman–Crippen MR) is 142 cm³/mol. The lowest BCUT2D eigenvalue weighted by Gasteiger charge is -2.22. The van der Waals surface area contributed by atoms with Crippen molar-refractivity contribution >= 4 is 23.0 Å². The zero-order chi connectivity index (χ0) is 25.4. The Kier molecular flexibility index (Phi) is 6.12. The van der Waals surface area contributed by atoms with Gasteiger partial charge in [-0.3, -0.25) is 9.69 Å². The van der Waals surface area contributed by atoms with E-state index in [2.05, 4.69) is 22.4 Å². The van der Waals surface area contributed by atoms with Gasteiger partial charge < -0.3 is 15.0 Å². The monoisotopic (exact) mass is 494 g/mol. The van der Waals surface area contributed by atoms with E-state index in [0.29, 0.717) is 18.2 Å². The van der Waals surface area contributed by atoms with Gasteiger partial charge in [0.2, 0.25) is 0 Å². The number of aromatic nitrogens is 2. The van der Waals surface area contributed by atoms with Crippen LogP contribution in [0.4, 0.5) is 4.79 Å². The van der Waals surface area contributed by atoms with E-state index in [-0.39, 0.29) is 24.6 Å². The minimum absolute atomic E-state index is 0.00535. The van der Waals surface area contributed by atoms with Crippen molar-refractivity contribution in [2.24, 2.45) is 0 Å². The van der Waals surface area contributed by atoms with Crippen LogP contribution in [-0.2, 0) is 11.3 Å². The fourth-order valence-corrected chi connectivity index (χ4v) is 5.05. The summed E-state index contributed by atoms with van der Waals surface area (Å²) in [5.74, 6) is 0.777. The molecule has 2 heterocycles. The lowest BCUT2D eigenvalue weighted by atomic mass is 9.98. The number of aryl methyl sites for hydroxylation is 1. The molecule has 1 saturated carbocycles. The molecule has 1 aliphatic carbocycles. The van der Waals surface area contributed by atoms with Gasteiger partial charge in [-0.15, -0.1) is 0 Å². The number of H-pyrrole nitrogens is 1. The third-order valence-electron chi connectivity index (χ3n) is 7.22. The summed E-state index contributed by atoms with van der Waals surface area (Å²) in [6.45, 7) is 2.94. The molecule has 7 nitrogen and oxygen atoms in total. The molecule has 2 aliphatic rings. The quantitative estimate of drug-likeness (QED) is 0.349. The molecule has 37 heavy (non-hydrogen) atoms. The molecule has 1 saturated heterocycles. The summed E-state index contributed by atoms with van der Waals surface area (Å²) in [7, 11) is 0. The number of fused-ring (bicyclic) bond motifs is 1. The van der Waals surface area contributed by atoms with E-state index >= 15 is 0 Å². The fraction of sp³-hybridized carbons (Fsp3) is 0.300. The van der Waals surface area contributed by atoms with Crippen molar-refractivity contribution in [2.45, 2.75) is 51.3 Å². The molecule has 0 bridgehead atoms. The molecular formula is C30H30N4O3. The summed E-state index contributed by atoms with van der Waals surface area (Å²) in [5, 5.41) is 3.05. The highest BCUT2D eigenvalue weighted by atomic mass is 16.6. The van der Waals surface area contributed by atoms with Gasteiger partial charge in [0.05, 0.1) is 17.1 Å². The molecule has 2 fully saturated rings. The van der Waals surface area contributed by atoms with Gasteiger partial charge in [0.25, 0.3) is 5.91 Å². The molecule has 0 radical (unpaired) electrons. The average molecular weight is 495 g/mol. The van der Waals surface area contributed by atoms with E-state index in [1.54, 1.807) is 4.90 Å². The van der Waals surface area contributed by atoms with Crippen LogP contribution in [0.15, 0.2) is 66.7 Å². The fourth-order valence-electron chi connectivity index (χ4n) is 5.05. The molecule has 4 aromatic rings. The maximum Gasteiger partial charge on any atom is 0.410 e. The van der Waals surface area contributed by atoms with Crippen LogP contribution in [0.3, 0.4) is 0 Å². The molecule has 6 rings (SSSR count). The number of aromatic amines is 1. The largest absolute Gasteiger partial charge is 0.445 e. The Morgan fingerprint density at radius 2 is 1.89 bits per heavy atom. The van der Waals surface area contributed by atoms with Gasteiger partial charge in [0.1, 0.15) is 12.4 Å². The van der Waals surface area contributed by atoms with Gasteiger partial charge in [0, 0.05) is 18.2 Å². The number of hydrogen-bond donors (Lipinski definition) is 2. The van der Waals surface area contributed by atoms with Gasteiger partial charge in [-0.2, -0.15) is 0 Å². The molecule has 1 unspecified atom stereocenters. The van der Waals surface area contributed by atoms with Crippen LogP contribution in [0.1, 0.15) is 59.0 Å². The van der Waals surface area contributed by atoms with Crippen molar-refractivity contribution in [1.29, 1.82) is 0 Å². The number of nitrogens with zero attached hydrogens (tertiary/aromatic N) is 2. The number of amides is 2. The summed E-state index contributed by atoms with van der Waals surface area (Å²) in [5.41, 5.74) is 6.63. The number of hydrogen-bond acceptors (Lipinski definition) is 4. The Morgan fingerprint density at radius 1 is 1.05 bits per heavy atom. The Bertz CT molecular complexity index is 1460. The van der Waals surface area contributed by atoms with Crippen LogP contribution in [-0.4, -0.2) is 39.5 Å². The SMILES string of the molecule is Cc1cc(C(=O)NC2CC2)ccc1-c1ccc2nc(C3CCCN3C(=O)OCc3ccccc3)[nH]c2c1. The van der Waals surface area contributed by atoms with E-state index < -0.39 is 0 Å². The Balaban J connectivity index is 1.19. The molecular weight excluding hydrogens is 464 g/mol. The summed E-state index contributed by atoms with van der Waals surface area (Å²) in [6, 6.07) is 21.9. The van der Waals surface area contributed by atoms with Crippen LogP contribution in [0, 0.1) is 6.92 Å². The number of carbonyl (C=O) groups is 2. The first kappa shape index (κ1) is 23.3. The molecule has 2 N–H and O–H groups in total. The van der Waals surface area contributed by atoms with Gasteiger partial charge in [-0.05, 0) is 79.1 Å². The summed E-state index contributed by atoms with van der Waals surface area (Å²) in [4.78, 5) is 35.3. The topological polar surface area (TPSA) is 87.3 Å². The Morgan fingerprint density at radius 3 is 2.68 bits per heavy atom. The highest BCUT2D eigenvalue weighted by Gasteiger charge is 2.33. The van der Waals surface area contributed by atoms with E-state index in [9.17, 15) is 9.59 Å². The van der Waals surface area contributed by atoms with E-state index in [1.165, 1.54) is 0 Å². The smallest absolute Gasteiger partial charge is 0.410 e. The van der Waals surface area contributed by atoms with Crippen molar-refractivity contribution in [1.82, 2.24) is 20.2 Å². The standard InChI is InChI=1S/C30H30N4O3/c1-19-16-22(29(35)31-23-11-12-23)9-13-24(19)21-10-14-25-26(17-21)33-28(32-25)27-8-5-15-34(27)30(36)37-18-20-6-3-2-4-7-20/h2-4,6-7,9-10,13-14,16-17,23,27H,5,8,11-12,15,18H2,1H3,(H,31,35)(H,32,33). The normalized spacial score (nSPS) is 17.2. The maximum absolute atomic E-state index is 12.9. The van der Waals surface area contributed by atoms with Crippen molar-refractivity contribution in [3.63, 3.8) is 0 Å². The van der Waals surface area contributed by atoms with Gasteiger partial charge in [-0.25, -0.2) is 9.78 Å². The highest BCUT2D eigenvalue weighted by Crippen LogP contribution is 2.33. The number of nitrogens with one attached hydrogen (secondary N) is 2. The van der Waals surface area contributed by atoms with Gasteiger partial charge in [0.15, 0.2) is 0 Å². The first-order valence-electron chi connectivity index (χ1n) is 12.9. The Labute approximate surface area is 215 Å². The average Bonchev–Trinajstić information content (AvgIpc) is 3.41. The van der Waals surface area contributed by atoms with E-state index in [1.807, 2.05) is 61.5 Å². The summed E-state index contributed by atoms with van der Waals surface area (Å²) >= 11 is 0. The zero-order valence-corrected chi connectivity index (χ0v) is 20.9. The van der Waals surface area contributed by atoms with Crippen molar-refractivity contribution in [3.8, 4) is 11.1 Å². The molecule has 188 valence electrons. The first-order chi connectivity index (χ1) is 18.0. The number of carbonyl (C=O) groups excluding carboxylic acids is 2. The molecule has 2 amide bonds. The Hall–Kier alpha value is -4.13. The third kappa shape index (κ3) is 4.94. The van der Waals surface area contributed by atoms with Crippen molar-refractivity contribution in [2.75, 3.05) is 6.54 Å². The highest BCUT2D eigenvalue weighted by molar-refractivity contribution is 5.95. The number of ether oxygens (including phenoxy) is 1. The van der Waals surface area contributed by atoms with Crippen molar-refractivity contribution in [3.05, 3.63) is 89.2 Å². The number of rotatable bonds is 6. The minimum atomic E-state index is -0.311. The van der Waals surface area contributed by atoms with E-state index in [4.69, 9.17) is 9.72 Å². The van der Waals surface area contributed by atoms with Crippen LogP contribution >= 0.6 is 0 Å². The maximum atomic E-state index is 12.9. The van der Waals surface area contributed by atoms with Crippen molar-refractivity contribution < 1.29 is 14.3 Å². The number of benzene rings is 3. The van der Waals surface area contributed by atoms with Crippen LogP contribution in [0.5, 0.6) is 0 Å². The molecule has 3 aromatic carbocycles. The lowest BCUT2D eigenvalue weighted by molar-refractivity contribution is 0.0909. The molecule has 1 aliphatic heterocycles. The van der Waals surface area contributed by atoms with Crippen LogP contribution in [0.25, 0.3) is 22.2 Å². The second kappa shape index (κ2) is 9.73. The number of imidazole rings is 1. The predicted octanol–water partition coefficient (Wildman–Crippen LogP) is 5.90. The van der Waals surface area contributed by atoms with Crippen LogP contribution in [0.2, 0.25) is 0 Å². The van der Waals surface area contributed by atoms with Crippen LogP contribution < -0.4 is 5.32 Å². The molecule has 1 atom stereocenters. The summed E-state index contributed by atoms with van der Waals surface area (Å²) in [6.07, 6.45) is 3.59. The second-order valence-corrected chi connectivity index (χ2v) is 10.0. The second-order valence-electron chi connectivity index (χ2n) is 10.0. The lowest BCUT2D eigenvalue weighted by Crippen LogP contribution is -2.31. The van der Waals surface area contributed by atoms with Gasteiger partial charge >= 0.3 is 6.09 Å². The first-order valence-corrected chi connectivity index (χ1v) is 12.9. The minimum Gasteiger partial charge on any atom is -0.445 e. The molecule has 1 aromatic heterocycles. The summed E-state index contributed by atoms with van der Waals surface area (Å²) < 4.78 is 5.60. The molecule has 0 spiro atoms.